The lowest BCUT2D eigenvalue weighted by Crippen LogP contribution is -2.34. The van der Waals surface area contributed by atoms with Crippen LogP contribution in [0, 0.1) is 0 Å². The lowest BCUT2D eigenvalue weighted by atomic mass is 10.1. The summed E-state index contributed by atoms with van der Waals surface area (Å²) in [6.07, 6.45) is 1.66. The Morgan fingerprint density at radius 1 is 1.19 bits per heavy atom. The van der Waals surface area contributed by atoms with Crippen molar-refractivity contribution in [3.8, 4) is 5.75 Å². The number of nitrogens with zero attached hydrogens (tertiary/aromatic N) is 2. The quantitative estimate of drug-likeness (QED) is 0.606. The van der Waals surface area contributed by atoms with E-state index in [-0.39, 0.29) is 17.5 Å². The molecule has 9 heteroatoms. The Labute approximate surface area is 182 Å². The van der Waals surface area contributed by atoms with Crippen molar-refractivity contribution in [2.45, 2.75) is 25.9 Å². The van der Waals surface area contributed by atoms with Gasteiger partial charge < -0.3 is 14.4 Å². The van der Waals surface area contributed by atoms with E-state index in [1.165, 1.54) is 15.3 Å². The number of hydrogen-bond donors (Lipinski definition) is 0. The van der Waals surface area contributed by atoms with Gasteiger partial charge in [0.15, 0.2) is 6.61 Å². The molecule has 2 aromatic carbocycles. The van der Waals surface area contributed by atoms with Crippen LogP contribution >= 0.6 is 0 Å². The summed E-state index contributed by atoms with van der Waals surface area (Å²) < 4.78 is 35.9. The molecule has 166 valence electrons. The van der Waals surface area contributed by atoms with Gasteiger partial charge >= 0.3 is 5.97 Å². The van der Waals surface area contributed by atoms with E-state index < -0.39 is 22.6 Å². The predicted molar refractivity (Wildman–Crippen MR) is 117 cm³/mol. The van der Waals surface area contributed by atoms with Crippen LogP contribution in [0.5, 0.6) is 5.75 Å². The molecule has 3 rings (SSSR count). The number of para-hydroxylation sites is 1. The zero-order valence-electron chi connectivity index (χ0n) is 18.0. The van der Waals surface area contributed by atoms with Gasteiger partial charge in [-0.1, -0.05) is 18.2 Å². The van der Waals surface area contributed by atoms with Gasteiger partial charge in [-0.05, 0) is 43.2 Å². The minimum atomic E-state index is -3.40. The van der Waals surface area contributed by atoms with Crippen molar-refractivity contribution >= 4 is 27.6 Å². The Kier molecular flexibility index (Phi) is 6.54. The minimum Gasteiger partial charge on any atom is -0.496 e. The minimum absolute atomic E-state index is 0.221. The molecule has 0 bridgehead atoms. The smallest absolute Gasteiger partial charge is 0.338 e. The number of anilines is 1. The van der Waals surface area contributed by atoms with Crippen LogP contribution in [0.3, 0.4) is 0 Å². The second-order valence-corrected chi connectivity index (χ2v) is 9.45. The fraction of sp³-hybridized carbons (Fsp3) is 0.364. The summed E-state index contributed by atoms with van der Waals surface area (Å²) in [6, 6.07) is 11.9. The monoisotopic (exact) mass is 446 g/mol. The van der Waals surface area contributed by atoms with Crippen molar-refractivity contribution in [3.05, 3.63) is 59.2 Å². The number of carbonyl (C=O) groups is 2. The van der Waals surface area contributed by atoms with Gasteiger partial charge in [0.1, 0.15) is 5.75 Å². The average Bonchev–Trinajstić information content (AvgIpc) is 3.07. The third kappa shape index (κ3) is 4.99. The van der Waals surface area contributed by atoms with Gasteiger partial charge in [-0.2, -0.15) is 0 Å². The predicted octanol–water partition coefficient (Wildman–Crippen LogP) is 2.22. The lowest BCUT2D eigenvalue weighted by Gasteiger charge is -2.22. The molecule has 0 aromatic heterocycles. The third-order valence-corrected chi connectivity index (χ3v) is 6.45. The summed E-state index contributed by atoms with van der Waals surface area (Å²) in [5.74, 6) is -0.306. The SMILES string of the molecule is COc1ccccc1CN(C)C(=O)COC(=O)c1ccc2c(c1)CC(C)N2S(C)(=O)=O. The topological polar surface area (TPSA) is 93.2 Å². The molecule has 0 spiro atoms. The second-order valence-electron chi connectivity index (χ2n) is 7.59. The maximum atomic E-state index is 12.4. The zero-order valence-corrected chi connectivity index (χ0v) is 18.8. The molecule has 1 aliphatic rings. The van der Waals surface area contributed by atoms with Gasteiger partial charge in [0.25, 0.3) is 5.91 Å². The maximum absolute atomic E-state index is 12.4. The van der Waals surface area contributed by atoms with E-state index in [0.29, 0.717) is 24.4 Å². The first-order valence-corrected chi connectivity index (χ1v) is 11.6. The van der Waals surface area contributed by atoms with Crippen molar-refractivity contribution in [2.24, 2.45) is 0 Å². The van der Waals surface area contributed by atoms with Crippen LogP contribution in [0.25, 0.3) is 0 Å². The largest absolute Gasteiger partial charge is 0.496 e. The van der Waals surface area contributed by atoms with E-state index in [9.17, 15) is 18.0 Å². The first kappa shape index (κ1) is 22.6. The van der Waals surface area contributed by atoms with Gasteiger partial charge in [0, 0.05) is 25.2 Å². The molecule has 2 aromatic rings. The van der Waals surface area contributed by atoms with E-state index in [4.69, 9.17) is 9.47 Å². The van der Waals surface area contributed by atoms with E-state index in [1.54, 1.807) is 26.3 Å². The van der Waals surface area contributed by atoms with Crippen LogP contribution < -0.4 is 9.04 Å². The molecule has 0 fully saturated rings. The number of sulfonamides is 1. The van der Waals surface area contributed by atoms with E-state index in [1.807, 2.05) is 31.2 Å². The van der Waals surface area contributed by atoms with Crippen LogP contribution in [0.1, 0.15) is 28.4 Å². The number of benzene rings is 2. The van der Waals surface area contributed by atoms with Crippen molar-refractivity contribution in [1.82, 2.24) is 4.90 Å². The molecule has 8 nitrogen and oxygen atoms in total. The van der Waals surface area contributed by atoms with Gasteiger partial charge in [-0.25, -0.2) is 13.2 Å². The van der Waals surface area contributed by atoms with Crippen LogP contribution in [0.2, 0.25) is 0 Å². The summed E-state index contributed by atoms with van der Waals surface area (Å²) >= 11 is 0. The molecule has 31 heavy (non-hydrogen) atoms. The van der Waals surface area contributed by atoms with Crippen LogP contribution in [-0.2, 0) is 32.5 Å². The van der Waals surface area contributed by atoms with Crippen molar-refractivity contribution in [1.29, 1.82) is 0 Å². The van der Waals surface area contributed by atoms with Crippen LogP contribution in [0.15, 0.2) is 42.5 Å². The number of carbonyl (C=O) groups excluding carboxylic acids is 2. The molecule has 0 radical (unpaired) electrons. The molecule has 0 saturated carbocycles. The molecule has 0 aliphatic carbocycles. The fourth-order valence-electron chi connectivity index (χ4n) is 3.73. The summed E-state index contributed by atoms with van der Waals surface area (Å²) in [5, 5.41) is 0. The van der Waals surface area contributed by atoms with Crippen LogP contribution in [-0.4, -0.2) is 58.3 Å². The van der Waals surface area contributed by atoms with Crippen molar-refractivity contribution in [2.75, 3.05) is 31.3 Å². The number of amides is 1. The van der Waals surface area contributed by atoms with Crippen molar-refractivity contribution in [3.63, 3.8) is 0 Å². The molecule has 0 saturated heterocycles. The van der Waals surface area contributed by atoms with Gasteiger partial charge in [-0.15, -0.1) is 0 Å². The zero-order chi connectivity index (χ0) is 22.8. The Morgan fingerprint density at radius 3 is 2.58 bits per heavy atom. The van der Waals surface area contributed by atoms with Gasteiger partial charge in [0.05, 0.1) is 24.6 Å². The number of fused-ring (bicyclic) bond motifs is 1. The Morgan fingerprint density at radius 2 is 1.90 bits per heavy atom. The first-order chi connectivity index (χ1) is 14.6. The highest BCUT2D eigenvalue weighted by Crippen LogP contribution is 2.34. The first-order valence-electron chi connectivity index (χ1n) is 9.77. The summed E-state index contributed by atoms with van der Waals surface area (Å²) in [4.78, 5) is 26.3. The normalized spacial score (nSPS) is 15.4. The third-order valence-electron chi connectivity index (χ3n) is 5.18. The molecule has 0 N–H and O–H groups in total. The highest BCUT2D eigenvalue weighted by atomic mass is 32.2. The molecule has 1 unspecified atom stereocenters. The van der Waals surface area contributed by atoms with Crippen molar-refractivity contribution < 1.29 is 27.5 Å². The number of ether oxygens (including phenoxy) is 2. The van der Waals surface area contributed by atoms with E-state index in [0.717, 1.165) is 17.4 Å². The summed E-state index contributed by atoms with van der Waals surface area (Å²) in [5.41, 5.74) is 2.45. The molecular weight excluding hydrogens is 420 g/mol. The maximum Gasteiger partial charge on any atom is 0.338 e. The molecule has 1 aliphatic heterocycles. The Hall–Kier alpha value is -3.07. The van der Waals surface area contributed by atoms with E-state index >= 15 is 0 Å². The van der Waals surface area contributed by atoms with Crippen LogP contribution in [0.4, 0.5) is 5.69 Å². The molecular formula is C22H26N2O6S. The summed E-state index contributed by atoms with van der Waals surface area (Å²) in [6.45, 7) is 1.74. The number of rotatable bonds is 7. The van der Waals surface area contributed by atoms with Gasteiger partial charge in [-0.3, -0.25) is 9.10 Å². The highest BCUT2D eigenvalue weighted by molar-refractivity contribution is 7.92. The Bertz CT molecular complexity index is 1100. The number of likely N-dealkylation sites (N-methyl/N-ethyl adjacent to an activating group) is 1. The molecule has 1 atom stereocenters. The standard InChI is InChI=1S/C22H26N2O6S/c1-15-11-18-12-16(9-10-19(18)24(15)31(4,27)28)22(26)30-14-21(25)23(2)13-17-7-5-6-8-20(17)29-3/h5-10,12,15H,11,13-14H2,1-4H3. The number of esters is 1. The average molecular weight is 447 g/mol. The van der Waals surface area contributed by atoms with E-state index in [2.05, 4.69) is 0 Å². The highest BCUT2D eigenvalue weighted by Gasteiger charge is 2.33. The summed E-state index contributed by atoms with van der Waals surface area (Å²) in [7, 11) is -0.214. The number of hydrogen-bond acceptors (Lipinski definition) is 6. The number of methoxy groups -OCH3 is 1. The van der Waals surface area contributed by atoms with Gasteiger partial charge in [0.2, 0.25) is 10.0 Å². The Balaban J connectivity index is 1.62. The molecule has 1 amide bonds. The second kappa shape index (κ2) is 8.97. The molecule has 1 heterocycles. The fourth-order valence-corrected chi connectivity index (χ4v) is 5.00. The lowest BCUT2D eigenvalue weighted by molar-refractivity contribution is -0.133.